The molecule has 7 heteroatoms. The Morgan fingerprint density at radius 1 is 1.40 bits per heavy atom. The molecule has 0 heterocycles. The quantitative estimate of drug-likeness (QED) is 0.731. The molecule has 1 aliphatic carbocycles. The number of hydrogen-bond acceptors (Lipinski definition) is 3. The molecule has 0 spiro atoms. The van der Waals surface area contributed by atoms with Crippen molar-refractivity contribution in [1.82, 2.24) is 5.32 Å². The average molecular weight is 365 g/mol. The van der Waals surface area contributed by atoms with Crippen molar-refractivity contribution < 1.29 is 12.8 Å². The minimum atomic E-state index is -3.44. The highest BCUT2D eigenvalue weighted by Gasteiger charge is 2.20. The van der Waals surface area contributed by atoms with E-state index in [1.165, 1.54) is 18.9 Å². The predicted molar refractivity (Wildman–Crippen MR) is 81.9 cm³/mol. The summed E-state index contributed by atoms with van der Waals surface area (Å²) in [6.45, 7) is 2.43. The highest BCUT2D eigenvalue weighted by molar-refractivity contribution is 9.10. The summed E-state index contributed by atoms with van der Waals surface area (Å²) < 4.78 is 40.1. The van der Waals surface area contributed by atoms with Crippen molar-refractivity contribution in [3.63, 3.8) is 0 Å². The Bertz CT molecular complexity index is 588. The normalized spacial score (nSPS) is 15.3. The second-order valence-electron chi connectivity index (χ2n) is 5.08. The van der Waals surface area contributed by atoms with Gasteiger partial charge in [0.25, 0.3) is 0 Å². The molecule has 1 aliphatic rings. The van der Waals surface area contributed by atoms with Gasteiger partial charge in [0.1, 0.15) is 5.82 Å². The van der Waals surface area contributed by atoms with Gasteiger partial charge in [0.15, 0.2) is 0 Å². The molecule has 0 aliphatic heterocycles. The Labute approximate surface area is 127 Å². The highest BCUT2D eigenvalue weighted by Crippen LogP contribution is 2.24. The minimum absolute atomic E-state index is 0.0316. The summed E-state index contributed by atoms with van der Waals surface area (Å²) in [6.07, 6.45) is 2.91. The van der Waals surface area contributed by atoms with Crippen molar-refractivity contribution in [2.24, 2.45) is 0 Å². The summed E-state index contributed by atoms with van der Waals surface area (Å²) in [7, 11) is -3.44. The molecule has 20 heavy (non-hydrogen) atoms. The van der Waals surface area contributed by atoms with Gasteiger partial charge in [0, 0.05) is 6.04 Å². The lowest BCUT2D eigenvalue weighted by atomic mass is 10.2. The van der Waals surface area contributed by atoms with E-state index in [9.17, 15) is 12.8 Å². The minimum Gasteiger partial charge on any atom is -0.314 e. The number of anilines is 1. The van der Waals surface area contributed by atoms with Crippen LogP contribution in [-0.2, 0) is 10.0 Å². The van der Waals surface area contributed by atoms with Gasteiger partial charge in [-0.25, -0.2) is 12.8 Å². The second kappa shape index (κ2) is 6.41. The molecule has 1 fully saturated rings. The molecule has 2 rings (SSSR count). The zero-order chi connectivity index (χ0) is 14.8. The van der Waals surface area contributed by atoms with Crippen LogP contribution in [0.1, 0.15) is 24.8 Å². The highest BCUT2D eigenvalue weighted by atomic mass is 79.9. The molecule has 0 atom stereocenters. The Morgan fingerprint density at radius 2 is 2.10 bits per heavy atom. The number of aryl methyl sites for hydroxylation is 1. The third-order valence-electron chi connectivity index (χ3n) is 3.13. The van der Waals surface area contributed by atoms with Gasteiger partial charge in [0.05, 0.1) is 15.9 Å². The molecule has 0 unspecified atom stereocenters. The standard InChI is InChI=1S/C13H18BrFN2O2S/c1-9-7-11(14)12(15)8-13(9)17-20(18,19)6-2-5-16-10-3-4-10/h7-8,10,16-17H,2-6H2,1H3. The van der Waals surface area contributed by atoms with Gasteiger partial charge in [-0.05, 0) is 66.4 Å². The zero-order valence-electron chi connectivity index (χ0n) is 11.2. The summed E-state index contributed by atoms with van der Waals surface area (Å²) in [5.74, 6) is -0.451. The lowest BCUT2D eigenvalue weighted by molar-refractivity contribution is 0.593. The molecule has 0 saturated heterocycles. The zero-order valence-corrected chi connectivity index (χ0v) is 13.7. The summed E-state index contributed by atoms with van der Waals surface area (Å²) in [5.41, 5.74) is 0.971. The number of hydrogen-bond donors (Lipinski definition) is 2. The van der Waals surface area contributed by atoms with E-state index in [0.717, 1.165) is 0 Å². The molecule has 0 amide bonds. The fraction of sp³-hybridized carbons (Fsp3) is 0.538. The van der Waals surface area contributed by atoms with E-state index in [4.69, 9.17) is 0 Å². The summed E-state index contributed by atoms with van der Waals surface area (Å²) in [4.78, 5) is 0. The second-order valence-corrected chi connectivity index (χ2v) is 7.78. The summed E-state index contributed by atoms with van der Waals surface area (Å²) in [5, 5.41) is 3.26. The van der Waals surface area contributed by atoms with E-state index in [0.29, 0.717) is 34.7 Å². The SMILES string of the molecule is Cc1cc(Br)c(F)cc1NS(=O)(=O)CCCNC1CC1. The van der Waals surface area contributed by atoms with E-state index < -0.39 is 15.8 Å². The maximum Gasteiger partial charge on any atom is 0.232 e. The van der Waals surface area contributed by atoms with Crippen LogP contribution in [-0.4, -0.2) is 26.8 Å². The molecule has 112 valence electrons. The van der Waals surface area contributed by atoms with Crippen LogP contribution in [0.5, 0.6) is 0 Å². The van der Waals surface area contributed by atoms with E-state index in [1.807, 2.05) is 0 Å². The molecule has 2 N–H and O–H groups in total. The van der Waals surface area contributed by atoms with Crippen molar-refractivity contribution in [2.75, 3.05) is 17.0 Å². The molecule has 1 saturated carbocycles. The number of nitrogens with one attached hydrogen (secondary N) is 2. The van der Waals surface area contributed by atoms with Crippen LogP contribution < -0.4 is 10.0 Å². The maximum absolute atomic E-state index is 13.4. The number of benzene rings is 1. The van der Waals surface area contributed by atoms with Crippen molar-refractivity contribution in [1.29, 1.82) is 0 Å². The van der Waals surface area contributed by atoms with Crippen LogP contribution in [0.3, 0.4) is 0 Å². The molecule has 4 nitrogen and oxygen atoms in total. The fourth-order valence-corrected chi connectivity index (χ4v) is 3.47. The largest absolute Gasteiger partial charge is 0.314 e. The lowest BCUT2D eigenvalue weighted by Gasteiger charge is -2.11. The van der Waals surface area contributed by atoms with Crippen LogP contribution in [0.15, 0.2) is 16.6 Å². The van der Waals surface area contributed by atoms with Crippen molar-refractivity contribution >= 4 is 31.6 Å². The molecule has 0 bridgehead atoms. The number of rotatable bonds is 7. The molecule has 1 aromatic carbocycles. The van der Waals surface area contributed by atoms with E-state index in [-0.39, 0.29) is 5.75 Å². The third kappa shape index (κ3) is 4.71. The van der Waals surface area contributed by atoms with Crippen molar-refractivity contribution in [3.05, 3.63) is 28.0 Å². The van der Waals surface area contributed by atoms with Gasteiger partial charge >= 0.3 is 0 Å². The first-order valence-electron chi connectivity index (χ1n) is 6.57. The smallest absolute Gasteiger partial charge is 0.232 e. The molecule has 0 aromatic heterocycles. The average Bonchev–Trinajstić information content (AvgIpc) is 3.15. The molecular formula is C13H18BrFN2O2S. The van der Waals surface area contributed by atoms with Crippen molar-refractivity contribution in [2.45, 2.75) is 32.2 Å². The third-order valence-corrected chi connectivity index (χ3v) is 5.10. The molecule has 1 aromatic rings. The van der Waals surface area contributed by atoms with Gasteiger partial charge in [-0.1, -0.05) is 0 Å². The topological polar surface area (TPSA) is 58.2 Å². The molecule has 0 radical (unpaired) electrons. The van der Waals surface area contributed by atoms with Gasteiger partial charge in [0.2, 0.25) is 10.0 Å². The van der Waals surface area contributed by atoms with Crippen LogP contribution in [0.2, 0.25) is 0 Å². The van der Waals surface area contributed by atoms with Crippen LogP contribution in [0.25, 0.3) is 0 Å². The summed E-state index contributed by atoms with van der Waals surface area (Å²) >= 11 is 3.07. The van der Waals surface area contributed by atoms with Gasteiger partial charge < -0.3 is 5.32 Å². The first kappa shape index (κ1) is 15.7. The predicted octanol–water partition coefficient (Wildman–Crippen LogP) is 2.78. The molecular weight excluding hydrogens is 347 g/mol. The van der Waals surface area contributed by atoms with Gasteiger partial charge in [-0.15, -0.1) is 0 Å². The van der Waals surface area contributed by atoms with E-state index in [1.54, 1.807) is 13.0 Å². The van der Waals surface area contributed by atoms with E-state index >= 15 is 0 Å². The monoisotopic (exact) mass is 364 g/mol. The Kier molecular flexibility index (Phi) is 5.04. The fourth-order valence-electron chi connectivity index (χ4n) is 1.83. The first-order valence-corrected chi connectivity index (χ1v) is 9.01. The van der Waals surface area contributed by atoms with Crippen molar-refractivity contribution in [3.8, 4) is 0 Å². The summed E-state index contributed by atoms with van der Waals surface area (Å²) in [6, 6.07) is 3.33. The Hall–Kier alpha value is -0.660. The van der Waals surface area contributed by atoms with E-state index in [2.05, 4.69) is 26.0 Å². The van der Waals surface area contributed by atoms with Gasteiger partial charge in [-0.2, -0.15) is 0 Å². The number of sulfonamides is 1. The lowest BCUT2D eigenvalue weighted by Crippen LogP contribution is -2.23. The van der Waals surface area contributed by atoms with Crippen LogP contribution in [0.4, 0.5) is 10.1 Å². The van der Waals surface area contributed by atoms with Crippen LogP contribution >= 0.6 is 15.9 Å². The first-order chi connectivity index (χ1) is 9.37. The maximum atomic E-state index is 13.4. The van der Waals surface area contributed by atoms with Gasteiger partial charge in [-0.3, -0.25) is 4.72 Å². The number of halogens is 2. The Morgan fingerprint density at radius 3 is 2.75 bits per heavy atom. The Balaban J connectivity index is 1.91. The van der Waals surface area contributed by atoms with Crippen LogP contribution in [0, 0.1) is 12.7 Å².